The number of ether oxygens (including phenoxy) is 1. The van der Waals surface area contributed by atoms with E-state index in [4.69, 9.17) is 5.11 Å². The van der Waals surface area contributed by atoms with Crippen LogP contribution in [0.3, 0.4) is 0 Å². The van der Waals surface area contributed by atoms with Crippen LogP contribution in [0, 0.1) is 0 Å². The molecule has 6 nitrogen and oxygen atoms in total. The van der Waals surface area contributed by atoms with Crippen LogP contribution >= 0.6 is 0 Å². The standard InChI is InChI=1S/C6H9N3O3/c10-3-4-12-6(11)8-5-1-2-7-9-5/h1-2,10H,3-4H2,(H2,7,8,9,11). The topological polar surface area (TPSA) is 87.2 Å². The first kappa shape index (κ1) is 8.54. The summed E-state index contributed by atoms with van der Waals surface area (Å²) in [7, 11) is 0. The lowest BCUT2D eigenvalue weighted by Gasteiger charge is -2.01. The first-order chi connectivity index (χ1) is 5.83. The number of aromatic nitrogens is 2. The number of hydrogen-bond acceptors (Lipinski definition) is 4. The molecule has 0 saturated heterocycles. The summed E-state index contributed by atoms with van der Waals surface area (Å²) in [4.78, 5) is 10.8. The van der Waals surface area contributed by atoms with E-state index in [0.717, 1.165) is 0 Å². The van der Waals surface area contributed by atoms with Gasteiger partial charge < -0.3 is 9.84 Å². The molecule has 0 saturated carbocycles. The van der Waals surface area contributed by atoms with E-state index in [1.54, 1.807) is 6.07 Å². The fourth-order valence-corrected chi connectivity index (χ4v) is 0.610. The largest absolute Gasteiger partial charge is 0.447 e. The van der Waals surface area contributed by atoms with Gasteiger partial charge in [-0.3, -0.25) is 10.4 Å². The molecular formula is C6H9N3O3. The second kappa shape index (κ2) is 4.35. The Kier molecular flexibility index (Phi) is 3.09. The van der Waals surface area contributed by atoms with E-state index in [1.807, 2.05) is 0 Å². The zero-order valence-corrected chi connectivity index (χ0v) is 6.28. The average Bonchev–Trinajstić information content (AvgIpc) is 2.53. The summed E-state index contributed by atoms with van der Waals surface area (Å²) < 4.78 is 4.52. The zero-order chi connectivity index (χ0) is 8.81. The van der Waals surface area contributed by atoms with Gasteiger partial charge in [0.25, 0.3) is 0 Å². The zero-order valence-electron chi connectivity index (χ0n) is 6.28. The van der Waals surface area contributed by atoms with Crippen LogP contribution in [0.1, 0.15) is 0 Å². The monoisotopic (exact) mass is 171 g/mol. The Labute approximate surface area is 68.5 Å². The number of aliphatic hydroxyl groups is 1. The summed E-state index contributed by atoms with van der Waals surface area (Å²) in [5.74, 6) is 0.456. The molecule has 0 unspecified atom stereocenters. The van der Waals surface area contributed by atoms with Crippen LogP contribution in [0.2, 0.25) is 0 Å². The van der Waals surface area contributed by atoms with Gasteiger partial charge in [0, 0.05) is 6.07 Å². The number of hydrogen-bond donors (Lipinski definition) is 3. The highest BCUT2D eigenvalue weighted by Gasteiger charge is 2.01. The molecule has 6 heteroatoms. The Hall–Kier alpha value is -1.56. The molecular weight excluding hydrogens is 162 g/mol. The van der Waals surface area contributed by atoms with Crippen LogP contribution < -0.4 is 5.32 Å². The minimum atomic E-state index is -0.617. The first-order valence-electron chi connectivity index (χ1n) is 3.37. The van der Waals surface area contributed by atoms with Gasteiger partial charge in [-0.2, -0.15) is 5.10 Å². The van der Waals surface area contributed by atoms with Crippen LogP contribution in [-0.2, 0) is 4.74 Å². The SMILES string of the molecule is O=C(Nc1ccn[nH]1)OCCO. The highest BCUT2D eigenvalue weighted by Crippen LogP contribution is 1.98. The number of amides is 1. The predicted octanol–water partition coefficient (Wildman–Crippen LogP) is -0.0495. The van der Waals surface area contributed by atoms with E-state index < -0.39 is 6.09 Å². The minimum absolute atomic E-state index is 0.0139. The highest BCUT2D eigenvalue weighted by atomic mass is 16.6. The summed E-state index contributed by atoms with van der Waals surface area (Å²) in [6.45, 7) is -0.198. The van der Waals surface area contributed by atoms with Crippen molar-refractivity contribution in [2.24, 2.45) is 0 Å². The molecule has 1 heterocycles. The molecule has 0 spiro atoms. The number of H-pyrrole nitrogens is 1. The Morgan fingerprint density at radius 1 is 1.83 bits per heavy atom. The molecule has 66 valence electrons. The van der Waals surface area contributed by atoms with Crippen molar-refractivity contribution in [3.8, 4) is 0 Å². The number of anilines is 1. The van der Waals surface area contributed by atoms with Gasteiger partial charge in [0.1, 0.15) is 12.4 Å². The van der Waals surface area contributed by atoms with Gasteiger partial charge in [-0.05, 0) is 0 Å². The number of nitrogens with one attached hydrogen (secondary N) is 2. The van der Waals surface area contributed by atoms with E-state index in [1.165, 1.54) is 6.20 Å². The maximum atomic E-state index is 10.8. The molecule has 0 aliphatic carbocycles. The van der Waals surface area contributed by atoms with Crippen molar-refractivity contribution in [1.82, 2.24) is 10.2 Å². The number of aromatic amines is 1. The van der Waals surface area contributed by atoms with Crippen molar-refractivity contribution in [3.63, 3.8) is 0 Å². The fourth-order valence-electron chi connectivity index (χ4n) is 0.610. The maximum absolute atomic E-state index is 10.8. The third-order valence-electron chi connectivity index (χ3n) is 1.06. The fraction of sp³-hybridized carbons (Fsp3) is 0.333. The summed E-state index contributed by atoms with van der Waals surface area (Å²) in [5, 5.41) is 16.8. The predicted molar refractivity (Wildman–Crippen MR) is 40.6 cm³/mol. The van der Waals surface area contributed by atoms with Gasteiger partial charge in [0.05, 0.1) is 12.8 Å². The number of aliphatic hydroxyl groups excluding tert-OH is 1. The van der Waals surface area contributed by atoms with Gasteiger partial charge in [-0.25, -0.2) is 4.79 Å². The maximum Gasteiger partial charge on any atom is 0.412 e. The molecule has 3 N–H and O–H groups in total. The van der Waals surface area contributed by atoms with Crippen LogP contribution in [-0.4, -0.2) is 34.6 Å². The second-order valence-electron chi connectivity index (χ2n) is 1.95. The highest BCUT2D eigenvalue weighted by molar-refractivity contribution is 5.83. The molecule has 0 fully saturated rings. The van der Waals surface area contributed by atoms with Crippen molar-refractivity contribution in [2.45, 2.75) is 0 Å². The van der Waals surface area contributed by atoms with E-state index >= 15 is 0 Å². The lowest BCUT2D eigenvalue weighted by Crippen LogP contribution is -2.15. The Balaban J connectivity index is 2.27. The van der Waals surface area contributed by atoms with E-state index in [-0.39, 0.29) is 13.2 Å². The molecule has 12 heavy (non-hydrogen) atoms. The van der Waals surface area contributed by atoms with Gasteiger partial charge in [0.2, 0.25) is 0 Å². The van der Waals surface area contributed by atoms with Crippen LogP contribution in [0.25, 0.3) is 0 Å². The van der Waals surface area contributed by atoms with Crippen LogP contribution in [0.15, 0.2) is 12.3 Å². The third-order valence-corrected chi connectivity index (χ3v) is 1.06. The second-order valence-corrected chi connectivity index (χ2v) is 1.95. The van der Waals surface area contributed by atoms with Gasteiger partial charge in [-0.1, -0.05) is 0 Å². The summed E-state index contributed by atoms with van der Waals surface area (Å²) in [6.07, 6.45) is 0.884. The molecule has 0 aromatic carbocycles. The molecule has 1 aromatic rings. The van der Waals surface area contributed by atoms with Gasteiger partial charge in [-0.15, -0.1) is 0 Å². The molecule has 0 bridgehead atoms. The van der Waals surface area contributed by atoms with Crippen LogP contribution in [0.5, 0.6) is 0 Å². The molecule has 1 rings (SSSR count). The number of carbonyl (C=O) groups is 1. The smallest absolute Gasteiger partial charge is 0.412 e. The van der Waals surface area contributed by atoms with Crippen molar-refractivity contribution in [3.05, 3.63) is 12.3 Å². The number of rotatable bonds is 3. The van der Waals surface area contributed by atoms with Crippen molar-refractivity contribution in [2.75, 3.05) is 18.5 Å². The number of carbonyl (C=O) groups excluding carboxylic acids is 1. The normalized spacial score (nSPS) is 9.42. The van der Waals surface area contributed by atoms with Gasteiger partial charge in [0.15, 0.2) is 0 Å². The lowest BCUT2D eigenvalue weighted by molar-refractivity contribution is 0.131. The van der Waals surface area contributed by atoms with E-state index in [9.17, 15) is 4.79 Å². The van der Waals surface area contributed by atoms with Crippen molar-refractivity contribution < 1.29 is 14.6 Å². The van der Waals surface area contributed by atoms with Crippen molar-refractivity contribution in [1.29, 1.82) is 0 Å². The summed E-state index contributed by atoms with van der Waals surface area (Å²) in [5.41, 5.74) is 0. The lowest BCUT2D eigenvalue weighted by atomic mass is 10.6. The molecule has 0 atom stereocenters. The van der Waals surface area contributed by atoms with Gasteiger partial charge >= 0.3 is 6.09 Å². The Morgan fingerprint density at radius 2 is 2.67 bits per heavy atom. The van der Waals surface area contributed by atoms with Crippen molar-refractivity contribution >= 4 is 11.9 Å². The van der Waals surface area contributed by atoms with E-state index in [2.05, 4.69) is 20.3 Å². The Bertz CT molecular complexity index is 234. The van der Waals surface area contributed by atoms with Crippen LogP contribution in [0.4, 0.5) is 10.6 Å². The third kappa shape index (κ3) is 2.59. The number of nitrogens with zero attached hydrogens (tertiary/aromatic N) is 1. The summed E-state index contributed by atoms with van der Waals surface area (Å²) >= 11 is 0. The van der Waals surface area contributed by atoms with E-state index in [0.29, 0.717) is 5.82 Å². The molecule has 0 radical (unpaired) electrons. The molecule has 0 aliphatic heterocycles. The molecule has 1 amide bonds. The summed E-state index contributed by atoms with van der Waals surface area (Å²) in [6, 6.07) is 1.58. The average molecular weight is 171 g/mol. The Morgan fingerprint density at radius 3 is 3.25 bits per heavy atom. The first-order valence-corrected chi connectivity index (χ1v) is 3.37. The molecule has 1 aromatic heterocycles. The molecule has 0 aliphatic rings. The quantitative estimate of drug-likeness (QED) is 0.595. The minimum Gasteiger partial charge on any atom is -0.447 e.